The fourth-order valence-corrected chi connectivity index (χ4v) is 3.15. The van der Waals surface area contributed by atoms with Gasteiger partial charge < -0.3 is 14.3 Å². The lowest BCUT2D eigenvalue weighted by Gasteiger charge is -2.37. The van der Waals surface area contributed by atoms with E-state index in [0.717, 1.165) is 10.6 Å². The second-order valence-corrected chi connectivity index (χ2v) is 9.96. The van der Waals surface area contributed by atoms with Gasteiger partial charge in [-0.05, 0) is 54.0 Å². The standard InChI is InChI=1S/C24H34N4O7/c1-17-24(19(29)27(8)26-17,14-15-25-32-16-18-12-10-9-11-13-18)28(20(30)33-22(2,3)4)35-21(31)34-23(5,6)7/h9-13,15H,14,16H2,1-8H3. The predicted octanol–water partition coefficient (Wildman–Crippen LogP) is 4.27. The molecule has 1 unspecified atom stereocenters. The molecule has 0 aliphatic carbocycles. The molecule has 1 heterocycles. The van der Waals surface area contributed by atoms with E-state index in [9.17, 15) is 14.4 Å². The largest absolute Gasteiger partial charge is 0.534 e. The third-order valence-electron chi connectivity index (χ3n) is 4.62. The zero-order valence-electron chi connectivity index (χ0n) is 21.5. The molecule has 192 valence electrons. The van der Waals surface area contributed by atoms with Crippen LogP contribution in [0.4, 0.5) is 9.59 Å². The Morgan fingerprint density at radius 2 is 1.69 bits per heavy atom. The van der Waals surface area contributed by atoms with E-state index in [2.05, 4.69) is 10.3 Å². The minimum absolute atomic E-state index is 0.189. The summed E-state index contributed by atoms with van der Waals surface area (Å²) in [6.07, 6.45) is -1.15. The van der Waals surface area contributed by atoms with Crippen molar-refractivity contribution in [1.29, 1.82) is 0 Å². The van der Waals surface area contributed by atoms with Gasteiger partial charge in [0.2, 0.25) is 5.54 Å². The summed E-state index contributed by atoms with van der Waals surface area (Å²) in [5.41, 5.74) is -2.62. The van der Waals surface area contributed by atoms with Crippen LogP contribution in [0.1, 0.15) is 60.5 Å². The van der Waals surface area contributed by atoms with Gasteiger partial charge in [-0.15, -0.1) is 5.06 Å². The van der Waals surface area contributed by atoms with Crippen molar-refractivity contribution in [3.8, 4) is 0 Å². The lowest BCUT2D eigenvalue weighted by Crippen LogP contribution is -2.62. The van der Waals surface area contributed by atoms with Crippen LogP contribution in [0, 0.1) is 0 Å². The van der Waals surface area contributed by atoms with Gasteiger partial charge in [-0.25, -0.2) is 14.6 Å². The zero-order valence-corrected chi connectivity index (χ0v) is 21.5. The summed E-state index contributed by atoms with van der Waals surface area (Å²) in [7, 11) is 1.43. The lowest BCUT2D eigenvalue weighted by atomic mass is 9.90. The van der Waals surface area contributed by atoms with Gasteiger partial charge in [0.05, 0.1) is 5.71 Å². The van der Waals surface area contributed by atoms with Crippen LogP contribution in [0.3, 0.4) is 0 Å². The van der Waals surface area contributed by atoms with E-state index < -0.39 is 34.9 Å². The third-order valence-corrected chi connectivity index (χ3v) is 4.62. The molecule has 0 N–H and O–H groups in total. The average Bonchev–Trinajstić information content (AvgIpc) is 2.93. The molecule has 0 saturated carbocycles. The molecule has 0 fully saturated rings. The van der Waals surface area contributed by atoms with Crippen molar-refractivity contribution in [3.63, 3.8) is 0 Å². The Hall–Kier alpha value is -3.63. The Balaban J connectivity index is 2.37. The van der Waals surface area contributed by atoms with E-state index in [4.69, 9.17) is 19.1 Å². The second kappa shape index (κ2) is 10.7. The van der Waals surface area contributed by atoms with Crippen molar-refractivity contribution >= 4 is 30.1 Å². The summed E-state index contributed by atoms with van der Waals surface area (Å²) in [5, 5.41) is 9.72. The molecule has 11 nitrogen and oxygen atoms in total. The van der Waals surface area contributed by atoms with Crippen LogP contribution in [-0.4, -0.2) is 63.9 Å². The van der Waals surface area contributed by atoms with E-state index >= 15 is 0 Å². The average molecular weight is 491 g/mol. The molecule has 11 heteroatoms. The SMILES string of the molecule is CC1=NN(C)C(=O)C1(CC=NOCc1ccccc1)N(OC(=O)OC(C)(C)C)C(=O)OC(C)(C)C. The molecule has 2 rings (SSSR count). The van der Waals surface area contributed by atoms with E-state index in [1.54, 1.807) is 41.5 Å². The van der Waals surface area contributed by atoms with Crippen molar-refractivity contribution < 1.29 is 33.5 Å². The monoisotopic (exact) mass is 490 g/mol. The molecule has 1 aliphatic rings. The molecule has 0 spiro atoms. The normalized spacial score (nSPS) is 18.3. The number of carbonyl (C=O) groups is 3. The Kier molecular flexibility index (Phi) is 8.48. The van der Waals surface area contributed by atoms with Gasteiger partial charge in [0.15, 0.2) is 0 Å². The molecule has 1 aliphatic heterocycles. The molecule has 1 aromatic rings. The van der Waals surface area contributed by atoms with Crippen molar-refractivity contribution in [2.45, 2.75) is 78.2 Å². The number of hydrogen-bond acceptors (Lipinski definition) is 9. The molecule has 1 aromatic carbocycles. The summed E-state index contributed by atoms with van der Waals surface area (Å²) in [5.74, 6) is -0.626. The lowest BCUT2D eigenvalue weighted by molar-refractivity contribution is -0.178. The first kappa shape index (κ1) is 27.6. The number of hydrazone groups is 1. The van der Waals surface area contributed by atoms with Crippen LogP contribution in [0.25, 0.3) is 0 Å². The first-order valence-electron chi connectivity index (χ1n) is 11.1. The van der Waals surface area contributed by atoms with Gasteiger partial charge in [-0.1, -0.05) is 35.5 Å². The maximum atomic E-state index is 13.3. The van der Waals surface area contributed by atoms with E-state index in [-0.39, 0.29) is 18.7 Å². The highest BCUT2D eigenvalue weighted by Crippen LogP contribution is 2.32. The Labute approximate surface area is 205 Å². The van der Waals surface area contributed by atoms with Crippen molar-refractivity contribution in [2.24, 2.45) is 10.3 Å². The van der Waals surface area contributed by atoms with Crippen LogP contribution in [0.5, 0.6) is 0 Å². The molecule has 1 atom stereocenters. The van der Waals surface area contributed by atoms with Crippen molar-refractivity contribution in [1.82, 2.24) is 10.1 Å². The zero-order chi connectivity index (χ0) is 26.4. The first-order chi connectivity index (χ1) is 16.2. The first-order valence-corrected chi connectivity index (χ1v) is 11.1. The van der Waals surface area contributed by atoms with Crippen LogP contribution >= 0.6 is 0 Å². The van der Waals surface area contributed by atoms with E-state index in [0.29, 0.717) is 5.06 Å². The van der Waals surface area contributed by atoms with Gasteiger partial charge >= 0.3 is 12.2 Å². The van der Waals surface area contributed by atoms with E-state index in [1.165, 1.54) is 20.2 Å². The number of ether oxygens (including phenoxy) is 2. The highest BCUT2D eigenvalue weighted by molar-refractivity contribution is 6.18. The molecular weight excluding hydrogens is 456 g/mol. The van der Waals surface area contributed by atoms with Crippen LogP contribution in [0.15, 0.2) is 40.6 Å². The maximum absolute atomic E-state index is 13.3. The highest BCUT2D eigenvalue weighted by Gasteiger charge is 2.58. The summed E-state index contributed by atoms with van der Waals surface area (Å²) in [4.78, 5) is 49.7. The number of hydroxylamine groups is 2. The van der Waals surface area contributed by atoms with Gasteiger partial charge in [-0.3, -0.25) is 9.63 Å². The molecule has 0 aromatic heterocycles. The van der Waals surface area contributed by atoms with Gasteiger partial charge in [0.1, 0.15) is 17.8 Å². The number of rotatable bonds is 6. The Bertz CT molecular complexity index is 980. The molecule has 0 bridgehead atoms. The fourth-order valence-electron chi connectivity index (χ4n) is 3.15. The smallest absolute Gasteiger partial charge is 0.442 e. The van der Waals surface area contributed by atoms with Crippen LogP contribution in [0.2, 0.25) is 0 Å². The van der Waals surface area contributed by atoms with E-state index in [1.807, 2.05) is 30.3 Å². The summed E-state index contributed by atoms with van der Waals surface area (Å²) in [6.45, 7) is 11.6. The highest BCUT2D eigenvalue weighted by atomic mass is 16.8. The minimum Gasteiger partial charge on any atom is -0.442 e. The second-order valence-electron chi connectivity index (χ2n) is 9.96. The quantitative estimate of drug-likeness (QED) is 0.332. The summed E-state index contributed by atoms with van der Waals surface area (Å²) >= 11 is 0. The van der Waals surface area contributed by atoms with Gasteiger partial charge in [0.25, 0.3) is 5.91 Å². The van der Waals surface area contributed by atoms with Crippen molar-refractivity contribution in [2.75, 3.05) is 7.05 Å². The third kappa shape index (κ3) is 7.43. The number of hydrogen-bond donors (Lipinski definition) is 0. The van der Waals surface area contributed by atoms with Crippen LogP contribution in [-0.2, 0) is 30.6 Å². The number of benzene rings is 1. The number of nitrogens with zero attached hydrogens (tertiary/aromatic N) is 4. The number of amides is 2. The Morgan fingerprint density at radius 3 is 2.20 bits per heavy atom. The van der Waals surface area contributed by atoms with Gasteiger partial charge in [-0.2, -0.15) is 5.10 Å². The molecule has 0 radical (unpaired) electrons. The minimum atomic E-state index is -1.85. The molecule has 2 amide bonds. The number of carbonyl (C=O) groups excluding carboxylic acids is 3. The van der Waals surface area contributed by atoms with Crippen molar-refractivity contribution in [3.05, 3.63) is 35.9 Å². The predicted molar refractivity (Wildman–Crippen MR) is 128 cm³/mol. The number of oxime groups is 1. The summed E-state index contributed by atoms with van der Waals surface area (Å²) < 4.78 is 10.6. The summed E-state index contributed by atoms with van der Waals surface area (Å²) in [6, 6.07) is 9.38. The topological polar surface area (TPSA) is 119 Å². The fraction of sp³-hybridized carbons (Fsp3) is 0.542. The maximum Gasteiger partial charge on any atom is 0.534 e. The Morgan fingerprint density at radius 1 is 1.09 bits per heavy atom. The molecule has 35 heavy (non-hydrogen) atoms. The molecule has 0 saturated heterocycles. The van der Waals surface area contributed by atoms with Gasteiger partial charge in [0, 0.05) is 19.7 Å². The molecular formula is C24H34N4O7. The van der Waals surface area contributed by atoms with Crippen LogP contribution < -0.4 is 0 Å². The number of likely N-dealkylation sites (N-methyl/N-ethyl adjacent to an activating group) is 1.